The van der Waals surface area contributed by atoms with Gasteiger partial charge in [-0.2, -0.15) is 30.3 Å². The van der Waals surface area contributed by atoms with Gasteiger partial charge in [-0.25, -0.2) is 9.97 Å². The largest absolute Gasteiger partial charge is 0.477 e. The summed E-state index contributed by atoms with van der Waals surface area (Å²) in [5.74, 6) is 1.70. The van der Waals surface area contributed by atoms with Crippen molar-refractivity contribution in [3.8, 4) is 0 Å². The Labute approximate surface area is 193 Å². The molecule has 0 N–H and O–H groups in total. The summed E-state index contributed by atoms with van der Waals surface area (Å²) >= 11 is 0. The van der Waals surface area contributed by atoms with Crippen LogP contribution in [0.15, 0.2) is 54.6 Å². The zero-order valence-electron chi connectivity index (χ0n) is 18.4. The van der Waals surface area contributed by atoms with Crippen LogP contribution in [0, 0.1) is 12.7 Å². The first-order valence-electron chi connectivity index (χ1n) is 10.0. The van der Waals surface area contributed by atoms with Crippen molar-refractivity contribution < 1.29 is 20.1 Å². The summed E-state index contributed by atoms with van der Waals surface area (Å²) < 4.78 is 0. The SMILES string of the molecule is CC(C)(C)c1nc2c(nc1C(C)(C)C)N(c1ccccc1)[CH-]N2c1[c-]cccc1.[Ir]. The normalized spacial score (nSPS) is 13.8. The molecule has 4 nitrogen and oxygen atoms in total. The number of aromatic nitrogens is 2. The van der Waals surface area contributed by atoms with Crippen LogP contribution in [0.2, 0.25) is 0 Å². The van der Waals surface area contributed by atoms with Crippen molar-refractivity contribution >= 4 is 23.0 Å². The molecule has 0 fully saturated rings. The van der Waals surface area contributed by atoms with Gasteiger partial charge in [0.05, 0.1) is 11.4 Å². The van der Waals surface area contributed by atoms with Gasteiger partial charge in [0.2, 0.25) is 0 Å². The third-order valence-electron chi connectivity index (χ3n) is 4.95. The second-order valence-corrected chi connectivity index (χ2v) is 9.51. The number of benzene rings is 2. The molecule has 2 aromatic carbocycles. The fourth-order valence-corrected chi connectivity index (χ4v) is 3.50. The maximum Gasteiger partial charge on any atom is 0.146 e. The predicted octanol–water partition coefficient (Wildman–Crippen LogP) is 6.28. The summed E-state index contributed by atoms with van der Waals surface area (Å²) in [5, 5.41) is 0. The maximum absolute atomic E-state index is 5.20. The number of para-hydroxylation sites is 2. The average Bonchev–Trinajstić information content (AvgIpc) is 3.06. The smallest absolute Gasteiger partial charge is 0.146 e. The Morgan fingerprint density at radius 3 is 1.77 bits per heavy atom. The van der Waals surface area contributed by atoms with Crippen LogP contribution >= 0.6 is 0 Å². The summed E-state index contributed by atoms with van der Waals surface area (Å²) in [6, 6.07) is 21.6. The minimum absolute atomic E-state index is 0. The van der Waals surface area contributed by atoms with E-state index in [0.29, 0.717) is 0 Å². The van der Waals surface area contributed by atoms with Crippen molar-refractivity contribution in [1.29, 1.82) is 0 Å². The first kappa shape index (κ1) is 22.5. The number of anilines is 4. The molecule has 3 aromatic rings. The molecule has 1 aromatic heterocycles. The third-order valence-corrected chi connectivity index (χ3v) is 4.95. The Kier molecular flexibility index (Phi) is 6.08. The van der Waals surface area contributed by atoms with Gasteiger partial charge in [0, 0.05) is 36.6 Å². The van der Waals surface area contributed by atoms with E-state index in [-0.39, 0.29) is 30.9 Å². The molecular formula is C25H28IrN4-2. The molecule has 0 saturated carbocycles. The van der Waals surface area contributed by atoms with Crippen LogP contribution in [-0.2, 0) is 30.9 Å². The average molecular weight is 577 g/mol. The number of hydrogen-bond donors (Lipinski definition) is 0. The van der Waals surface area contributed by atoms with Crippen LogP contribution in [0.25, 0.3) is 0 Å². The van der Waals surface area contributed by atoms with E-state index >= 15 is 0 Å². The van der Waals surface area contributed by atoms with Gasteiger partial charge in [-0.15, -0.1) is 12.4 Å². The fraction of sp³-hybridized carbons (Fsp3) is 0.320. The van der Waals surface area contributed by atoms with Gasteiger partial charge in [-0.1, -0.05) is 59.7 Å². The first-order valence-corrected chi connectivity index (χ1v) is 10.0. The molecule has 0 atom stereocenters. The van der Waals surface area contributed by atoms with E-state index in [9.17, 15) is 0 Å². The number of nitrogens with zero attached hydrogens (tertiary/aromatic N) is 4. The van der Waals surface area contributed by atoms with Crippen molar-refractivity contribution in [3.05, 3.63) is 78.7 Å². The van der Waals surface area contributed by atoms with Gasteiger partial charge in [0.1, 0.15) is 11.6 Å². The second-order valence-electron chi connectivity index (χ2n) is 9.51. The molecule has 1 radical (unpaired) electrons. The molecule has 4 rings (SSSR count). The number of fused-ring (bicyclic) bond motifs is 1. The Balaban J connectivity index is 0.00000256. The molecule has 5 heteroatoms. The second kappa shape index (κ2) is 8.13. The standard InChI is InChI=1S/C25H28N4.Ir/c1-24(2,3)20-21(25(4,5)6)27-23-22(26-20)28(18-13-9-7-10-14-18)17-29(23)19-15-11-8-12-16-19;/h7-15,17H,1-6H3;/q-2;. The van der Waals surface area contributed by atoms with E-state index < -0.39 is 0 Å². The van der Waals surface area contributed by atoms with Gasteiger partial charge in [0.25, 0.3) is 0 Å². The summed E-state index contributed by atoms with van der Waals surface area (Å²) in [6.07, 6.45) is 0. The van der Waals surface area contributed by atoms with Crippen molar-refractivity contribution in [1.82, 2.24) is 9.97 Å². The number of rotatable bonds is 2. The van der Waals surface area contributed by atoms with Crippen LogP contribution in [0.3, 0.4) is 0 Å². The van der Waals surface area contributed by atoms with Crippen LogP contribution in [0.1, 0.15) is 52.9 Å². The quantitative estimate of drug-likeness (QED) is 0.336. The summed E-state index contributed by atoms with van der Waals surface area (Å²) in [7, 11) is 0. The predicted molar refractivity (Wildman–Crippen MR) is 120 cm³/mol. The van der Waals surface area contributed by atoms with Gasteiger partial charge in [0.15, 0.2) is 0 Å². The zero-order valence-corrected chi connectivity index (χ0v) is 20.8. The first-order chi connectivity index (χ1) is 13.7. The van der Waals surface area contributed by atoms with Crippen molar-refractivity contribution in [2.24, 2.45) is 0 Å². The molecule has 0 saturated heterocycles. The van der Waals surface area contributed by atoms with Crippen molar-refractivity contribution in [2.75, 3.05) is 9.80 Å². The zero-order chi connectivity index (χ0) is 20.8. The van der Waals surface area contributed by atoms with Gasteiger partial charge < -0.3 is 9.80 Å². The molecule has 0 spiro atoms. The van der Waals surface area contributed by atoms with E-state index in [1.807, 2.05) is 42.5 Å². The molecule has 0 bridgehead atoms. The fourth-order valence-electron chi connectivity index (χ4n) is 3.50. The van der Waals surface area contributed by atoms with Gasteiger partial charge in [-0.3, -0.25) is 0 Å². The van der Waals surface area contributed by atoms with Gasteiger partial charge in [-0.05, 0) is 12.1 Å². The minimum Gasteiger partial charge on any atom is -0.477 e. The molecular weight excluding hydrogens is 549 g/mol. The Morgan fingerprint density at radius 1 is 0.733 bits per heavy atom. The van der Waals surface area contributed by atoms with Crippen molar-refractivity contribution in [3.63, 3.8) is 0 Å². The minimum atomic E-state index is -0.114. The summed E-state index contributed by atoms with van der Waals surface area (Å²) in [4.78, 5) is 14.6. The maximum atomic E-state index is 5.20. The van der Waals surface area contributed by atoms with Crippen molar-refractivity contribution in [2.45, 2.75) is 52.4 Å². The summed E-state index contributed by atoms with van der Waals surface area (Å²) in [6.45, 7) is 15.3. The number of hydrogen-bond acceptors (Lipinski definition) is 4. The van der Waals surface area contributed by atoms with Crippen LogP contribution < -0.4 is 9.80 Å². The van der Waals surface area contributed by atoms with E-state index in [1.165, 1.54) is 0 Å². The topological polar surface area (TPSA) is 32.3 Å². The molecule has 0 unspecified atom stereocenters. The molecule has 2 heterocycles. The molecule has 1 aliphatic heterocycles. The Bertz CT molecular complexity index is 923. The monoisotopic (exact) mass is 577 g/mol. The van der Waals surface area contributed by atoms with E-state index in [1.54, 1.807) is 0 Å². The van der Waals surface area contributed by atoms with E-state index in [4.69, 9.17) is 9.97 Å². The molecule has 30 heavy (non-hydrogen) atoms. The molecule has 0 aliphatic carbocycles. The van der Waals surface area contributed by atoms with Crippen LogP contribution in [0.5, 0.6) is 0 Å². The molecule has 0 amide bonds. The Hall–Kier alpha value is -2.23. The van der Waals surface area contributed by atoms with E-state index in [2.05, 4.69) is 76.2 Å². The van der Waals surface area contributed by atoms with Crippen LogP contribution in [-0.4, -0.2) is 9.97 Å². The van der Waals surface area contributed by atoms with E-state index in [0.717, 1.165) is 34.4 Å². The van der Waals surface area contributed by atoms with Gasteiger partial charge >= 0.3 is 0 Å². The third kappa shape index (κ3) is 4.14. The Morgan fingerprint density at radius 2 is 1.27 bits per heavy atom. The molecule has 1 aliphatic rings. The molecule has 159 valence electrons. The van der Waals surface area contributed by atoms with Crippen LogP contribution in [0.4, 0.5) is 23.0 Å². The summed E-state index contributed by atoms with van der Waals surface area (Å²) in [5.41, 5.74) is 3.86.